The van der Waals surface area contributed by atoms with Gasteiger partial charge in [0.1, 0.15) is 11.5 Å². The molecular weight excluding hydrogens is 290 g/mol. The van der Waals surface area contributed by atoms with E-state index >= 15 is 0 Å². The third kappa shape index (κ3) is 4.36. The van der Waals surface area contributed by atoms with Crippen LogP contribution < -0.4 is 10.5 Å². The Morgan fingerprint density at radius 2 is 1.81 bits per heavy atom. The summed E-state index contributed by atoms with van der Waals surface area (Å²) in [6.45, 7) is 0. The Labute approximate surface area is 130 Å². The molecule has 0 aliphatic rings. The number of aliphatic hydroxyl groups is 1. The van der Waals surface area contributed by atoms with Gasteiger partial charge in [-0.25, -0.2) is 0 Å². The van der Waals surface area contributed by atoms with Crippen molar-refractivity contribution in [2.75, 3.05) is 7.11 Å². The minimum atomic E-state index is -0.726. The van der Waals surface area contributed by atoms with E-state index in [-0.39, 0.29) is 18.2 Å². The molecule has 0 aliphatic heterocycles. The second-order valence-electron chi connectivity index (χ2n) is 4.71. The van der Waals surface area contributed by atoms with Gasteiger partial charge in [-0.1, -0.05) is 30.3 Å². The maximum Gasteiger partial charge on any atom is 0.127 e. The first-order valence-corrected chi connectivity index (χ1v) is 6.46. The number of benzene rings is 2. The third-order valence-corrected chi connectivity index (χ3v) is 3.28. The number of methoxy groups -OCH3 is 1. The number of hydrogen-bond acceptors (Lipinski definition) is 4. The van der Waals surface area contributed by atoms with Gasteiger partial charge in [-0.2, -0.15) is 0 Å². The summed E-state index contributed by atoms with van der Waals surface area (Å²) >= 11 is 0. The third-order valence-electron chi connectivity index (χ3n) is 3.28. The number of nitrogens with two attached hydrogens (primary N) is 1. The summed E-state index contributed by atoms with van der Waals surface area (Å²) in [6.07, 6.45) is -0.262. The van der Waals surface area contributed by atoms with E-state index in [1.165, 1.54) is 19.2 Å². The van der Waals surface area contributed by atoms with Crippen LogP contribution in [0.15, 0.2) is 48.5 Å². The Hall–Kier alpha value is -1.75. The van der Waals surface area contributed by atoms with Gasteiger partial charge in [0.25, 0.3) is 0 Å². The quantitative estimate of drug-likeness (QED) is 0.793. The second kappa shape index (κ2) is 7.88. The molecule has 2 aromatic carbocycles. The van der Waals surface area contributed by atoms with Gasteiger partial charge in [0.2, 0.25) is 0 Å². The van der Waals surface area contributed by atoms with Crippen LogP contribution in [0, 0.1) is 0 Å². The Kier molecular flexibility index (Phi) is 6.49. The first-order chi connectivity index (χ1) is 9.61. The SMILES string of the molecule is COc1cc(O)ccc1[C@H](N)[C@H](O)Cc1ccccc1.Cl. The van der Waals surface area contributed by atoms with Gasteiger partial charge in [0.15, 0.2) is 0 Å². The van der Waals surface area contributed by atoms with Crippen LogP contribution >= 0.6 is 12.4 Å². The molecule has 5 heteroatoms. The highest BCUT2D eigenvalue weighted by atomic mass is 35.5. The van der Waals surface area contributed by atoms with Gasteiger partial charge in [0.05, 0.1) is 19.3 Å². The predicted molar refractivity (Wildman–Crippen MR) is 85.0 cm³/mol. The van der Waals surface area contributed by atoms with Crippen molar-refractivity contribution >= 4 is 12.4 Å². The van der Waals surface area contributed by atoms with E-state index in [2.05, 4.69) is 0 Å². The maximum atomic E-state index is 10.3. The zero-order valence-electron chi connectivity index (χ0n) is 11.8. The van der Waals surface area contributed by atoms with Crippen molar-refractivity contribution in [3.05, 3.63) is 59.7 Å². The number of halogens is 1. The number of aromatic hydroxyl groups is 1. The van der Waals surface area contributed by atoms with Crippen molar-refractivity contribution in [2.24, 2.45) is 5.73 Å². The van der Waals surface area contributed by atoms with Crippen LogP contribution in [0.2, 0.25) is 0 Å². The van der Waals surface area contributed by atoms with Crippen LogP contribution in [0.4, 0.5) is 0 Å². The highest BCUT2D eigenvalue weighted by Gasteiger charge is 2.21. The average molecular weight is 310 g/mol. The summed E-state index contributed by atoms with van der Waals surface area (Å²) in [5.74, 6) is 0.583. The molecule has 4 N–H and O–H groups in total. The van der Waals surface area contributed by atoms with Crippen LogP contribution in [0.5, 0.6) is 11.5 Å². The van der Waals surface area contributed by atoms with Gasteiger partial charge < -0.3 is 20.7 Å². The van der Waals surface area contributed by atoms with E-state index in [4.69, 9.17) is 10.5 Å². The normalized spacial score (nSPS) is 13.1. The molecule has 0 heterocycles. The summed E-state index contributed by atoms with van der Waals surface area (Å²) in [5, 5.41) is 19.7. The van der Waals surface area contributed by atoms with Crippen LogP contribution in [0.1, 0.15) is 17.2 Å². The number of aliphatic hydroxyl groups excluding tert-OH is 1. The largest absolute Gasteiger partial charge is 0.508 e. The smallest absolute Gasteiger partial charge is 0.127 e. The van der Waals surface area contributed by atoms with E-state index < -0.39 is 12.1 Å². The first kappa shape index (κ1) is 17.3. The van der Waals surface area contributed by atoms with Crippen LogP contribution in [-0.2, 0) is 6.42 Å². The topological polar surface area (TPSA) is 75.7 Å². The summed E-state index contributed by atoms with van der Waals surface area (Å²) < 4.78 is 5.20. The molecule has 0 fully saturated rings. The van der Waals surface area contributed by atoms with Gasteiger partial charge in [-0.15, -0.1) is 12.4 Å². The van der Waals surface area contributed by atoms with Crippen molar-refractivity contribution in [1.29, 1.82) is 0 Å². The van der Waals surface area contributed by atoms with Crippen molar-refractivity contribution in [3.63, 3.8) is 0 Å². The number of phenols is 1. The van der Waals surface area contributed by atoms with E-state index in [1.54, 1.807) is 6.07 Å². The van der Waals surface area contributed by atoms with Gasteiger partial charge in [0, 0.05) is 18.1 Å². The molecule has 4 nitrogen and oxygen atoms in total. The van der Waals surface area contributed by atoms with Gasteiger partial charge in [-0.05, 0) is 17.7 Å². The summed E-state index contributed by atoms with van der Waals surface area (Å²) in [4.78, 5) is 0. The van der Waals surface area contributed by atoms with Crippen molar-refractivity contribution in [1.82, 2.24) is 0 Å². The molecule has 0 aromatic heterocycles. The second-order valence-corrected chi connectivity index (χ2v) is 4.71. The molecule has 2 atom stereocenters. The molecule has 0 unspecified atom stereocenters. The fourth-order valence-corrected chi connectivity index (χ4v) is 2.17. The standard InChI is InChI=1S/C16H19NO3.ClH/c1-20-15-10-12(18)7-8-13(15)16(17)14(19)9-11-5-3-2-4-6-11;/h2-8,10,14,16,18-19H,9,17H2,1H3;1H/t14-,16+;/m1./s1. The molecule has 0 aliphatic carbocycles. The van der Waals surface area contributed by atoms with Gasteiger partial charge in [-0.3, -0.25) is 0 Å². The van der Waals surface area contributed by atoms with Crippen molar-refractivity contribution in [2.45, 2.75) is 18.6 Å². The highest BCUT2D eigenvalue weighted by Crippen LogP contribution is 2.30. The molecule has 0 bridgehead atoms. The maximum absolute atomic E-state index is 10.3. The number of hydrogen-bond donors (Lipinski definition) is 3. The minimum Gasteiger partial charge on any atom is -0.508 e. The fraction of sp³-hybridized carbons (Fsp3) is 0.250. The summed E-state index contributed by atoms with van der Waals surface area (Å²) in [6, 6.07) is 13.8. The van der Waals surface area contributed by atoms with E-state index in [1.807, 2.05) is 30.3 Å². The predicted octanol–water partition coefficient (Wildman–Crippen LogP) is 2.43. The lowest BCUT2D eigenvalue weighted by Gasteiger charge is -2.21. The molecule has 2 aromatic rings. The molecule has 0 saturated heterocycles. The first-order valence-electron chi connectivity index (χ1n) is 6.46. The van der Waals surface area contributed by atoms with Gasteiger partial charge >= 0.3 is 0 Å². The fourth-order valence-electron chi connectivity index (χ4n) is 2.17. The molecule has 114 valence electrons. The lowest BCUT2D eigenvalue weighted by atomic mass is 9.96. The summed E-state index contributed by atoms with van der Waals surface area (Å²) in [5.41, 5.74) is 7.80. The number of rotatable bonds is 5. The van der Waals surface area contributed by atoms with E-state index in [0.717, 1.165) is 5.56 Å². The highest BCUT2D eigenvalue weighted by molar-refractivity contribution is 5.85. The lowest BCUT2D eigenvalue weighted by Crippen LogP contribution is -2.28. The molecule has 0 radical (unpaired) electrons. The average Bonchev–Trinajstić information content (AvgIpc) is 2.47. The van der Waals surface area contributed by atoms with Crippen LogP contribution in [0.3, 0.4) is 0 Å². The Morgan fingerprint density at radius 1 is 1.14 bits per heavy atom. The zero-order chi connectivity index (χ0) is 14.5. The Bertz CT molecular complexity index is 563. The molecule has 0 spiro atoms. The van der Waals surface area contributed by atoms with Crippen molar-refractivity contribution < 1.29 is 14.9 Å². The van der Waals surface area contributed by atoms with Crippen LogP contribution in [-0.4, -0.2) is 23.4 Å². The Balaban J connectivity index is 0.00000220. The Morgan fingerprint density at radius 3 is 2.43 bits per heavy atom. The van der Waals surface area contributed by atoms with E-state index in [0.29, 0.717) is 17.7 Å². The lowest BCUT2D eigenvalue weighted by molar-refractivity contribution is 0.143. The molecule has 0 saturated carbocycles. The number of ether oxygens (including phenoxy) is 1. The number of phenolic OH excluding ortho intramolecular Hbond substituents is 1. The monoisotopic (exact) mass is 309 g/mol. The molecule has 0 amide bonds. The molecule has 2 rings (SSSR count). The van der Waals surface area contributed by atoms with E-state index in [9.17, 15) is 10.2 Å². The molecule has 21 heavy (non-hydrogen) atoms. The van der Waals surface area contributed by atoms with Crippen LogP contribution in [0.25, 0.3) is 0 Å². The summed E-state index contributed by atoms with van der Waals surface area (Å²) in [7, 11) is 1.51. The van der Waals surface area contributed by atoms with Crippen molar-refractivity contribution in [3.8, 4) is 11.5 Å². The zero-order valence-corrected chi connectivity index (χ0v) is 12.6. The minimum absolute atomic E-state index is 0. The molecular formula is C16H20ClNO3.